The van der Waals surface area contributed by atoms with E-state index in [1.807, 2.05) is 4.90 Å². The molecule has 2 aliphatic rings. The van der Waals surface area contributed by atoms with Crippen molar-refractivity contribution in [1.29, 1.82) is 0 Å². The number of carbonyl (C=O) groups excluding carboxylic acids is 2. The molecule has 108 valence electrons. The summed E-state index contributed by atoms with van der Waals surface area (Å²) in [5, 5.41) is 1.98. The minimum Gasteiger partial charge on any atom is -0.369 e. The second-order valence-electron chi connectivity index (χ2n) is 5.33. The molecule has 1 fully saturated rings. The summed E-state index contributed by atoms with van der Waals surface area (Å²) in [6.07, 6.45) is 2.74. The zero-order chi connectivity index (χ0) is 14.1. The highest BCUT2D eigenvalue weighted by Gasteiger charge is 2.34. The number of hydrogen-bond acceptors (Lipinski definition) is 4. The number of thiophene rings is 1. The summed E-state index contributed by atoms with van der Waals surface area (Å²) < 4.78 is 0. The zero-order valence-electron chi connectivity index (χ0n) is 11.2. The average Bonchev–Trinajstić information content (AvgIpc) is 2.95. The Labute approximate surface area is 126 Å². The summed E-state index contributed by atoms with van der Waals surface area (Å²) in [4.78, 5) is 27.3. The van der Waals surface area contributed by atoms with Gasteiger partial charge in [0, 0.05) is 18.0 Å². The topological polar surface area (TPSA) is 63.4 Å². The van der Waals surface area contributed by atoms with Gasteiger partial charge in [-0.05, 0) is 42.0 Å². The van der Waals surface area contributed by atoms with Gasteiger partial charge in [0.1, 0.15) is 5.25 Å². The lowest BCUT2D eigenvalue weighted by Crippen LogP contribution is -2.45. The summed E-state index contributed by atoms with van der Waals surface area (Å²) in [5.41, 5.74) is 6.57. The Balaban J connectivity index is 1.75. The minimum atomic E-state index is -0.282. The minimum absolute atomic E-state index is 0.0865. The molecule has 3 rings (SSSR count). The molecule has 2 N–H and O–H groups in total. The number of aryl methyl sites for hydroxylation is 1. The maximum Gasteiger partial charge on any atom is 0.240 e. The average molecular weight is 310 g/mol. The van der Waals surface area contributed by atoms with Crippen LogP contribution in [-0.4, -0.2) is 35.6 Å². The maximum absolute atomic E-state index is 12.7. The SMILES string of the molecule is NC(=O)[C@H]1CCCN(C(=O)[C@H]2SCCc3sccc32)C1. The molecule has 0 radical (unpaired) electrons. The van der Waals surface area contributed by atoms with E-state index < -0.39 is 0 Å². The molecule has 2 aliphatic heterocycles. The summed E-state index contributed by atoms with van der Waals surface area (Å²) in [7, 11) is 0. The van der Waals surface area contributed by atoms with Crippen LogP contribution in [0.5, 0.6) is 0 Å². The molecule has 0 bridgehead atoms. The Hall–Kier alpha value is -1.01. The number of rotatable bonds is 2. The number of nitrogens with two attached hydrogens (primary N) is 1. The monoisotopic (exact) mass is 310 g/mol. The highest BCUT2D eigenvalue weighted by molar-refractivity contribution is 8.00. The van der Waals surface area contributed by atoms with E-state index in [1.165, 1.54) is 10.4 Å². The van der Waals surface area contributed by atoms with Gasteiger partial charge in [0.25, 0.3) is 0 Å². The highest BCUT2D eigenvalue weighted by atomic mass is 32.2. The zero-order valence-corrected chi connectivity index (χ0v) is 12.8. The Bertz CT molecular complexity index is 529. The van der Waals surface area contributed by atoms with Crippen molar-refractivity contribution < 1.29 is 9.59 Å². The van der Waals surface area contributed by atoms with Crippen LogP contribution < -0.4 is 5.73 Å². The van der Waals surface area contributed by atoms with Gasteiger partial charge in [-0.1, -0.05) is 0 Å². The maximum atomic E-state index is 12.7. The van der Waals surface area contributed by atoms with Crippen LogP contribution in [0.3, 0.4) is 0 Å². The van der Waals surface area contributed by atoms with Crippen molar-refractivity contribution in [1.82, 2.24) is 4.90 Å². The molecule has 2 atom stereocenters. The highest BCUT2D eigenvalue weighted by Crippen LogP contribution is 2.40. The van der Waals surface area contributed by atoms with Gasteiger partial charge in [-0.15, -0.1) is 23.1 Å². The van der Waals surface area contributed by atoms with Gasteiger partial charge >= 0.3 is 0 Å². The number of primary amides is 1. The molecule has 2 amide bonds. The number of hydrogen-bond donors (Lipinski definition) is 1. The molecular weight excluding hydrogens is 292 g/mol. The van der Waals surface area contributed by atoms with Crippen molar-refractivity contribution in [3.63, 3.8) is 0 Å². The predicted octanol–water partition coefficient (Wildman–Crippen LogP) is 1.80. The molecular formula is C14H18N2O2S2. The molecule has 0 saturated carbocycles. The van der Waals surface area contributed by atoms with Crippen LogP contribution in [-0.2, 0) is 16.0 Å². The molecule has 4 nitrogen and oxygen atoms in total. The standard InChI is InChI=1S/C14H18N2O2S2/c15-13(17)9-2-1-5-16(8-9)14(18)12-10-3-6-19-11(10)4-7-20-12/h3,6,9,12H,1-2,4-5,7-8H2,(H2,15,17)/t9-,12-/m0/s1. The van der Waals surface area contributed by atoms with Gasteiger partial charge in [-0.2, -0.15) is 0 Å². The van der Waals surface area contributed by atoms with Crippen LogP contribution in [0.2, 0.25) is 0 Å². The number of amides is 2. The second-order valence-corrected chi connectivity index (χ2v) is 7.54. The van der Waals surface area contributed by atoms with Gasteiger partial charge in [0.15, 0.2) is 0 Å². The molecule has 0 aliphatic carbocycles. The molecule has 1 saturated heterocycles. The molecule has 0 unspecified atom stereocenters. The fourth-order valence-electron chi connectivity index (χ4n) is 2.93. The third kappa shape index (κ3) is 2.59. The number of fused-ring (bicyclic) bond motifs is 1. The van der Waals surface area contributed by atoms with E-state index in [0.29, 0.717) is 6.54 Å². The van der Waals surface area contributed by atoms with Crippen LogP contribution >= 0.6 is 23.1 Å². The largest absolute Gasteiger partial charge is 0.369 e. The lowest BCUT2D eigenvalue weighted by atomic mass is 9.97. The van der Waals surface area contributed by atoms with Crippen molar-refractivity contribution >= 4 is 34.9 Å². The number of carbonyl (C=O) groups is 2. The Morgan fingerprint density at radius 3 is 3.05 bits per heavy atom. The van der Waals surface area contributed by atoms with E-state index in [1.54, 1.807) is 23.1 Å². The fourth-order valence-corrected chi connectivity index (χ4v) is 5.30. The van der Waals surface area contributed by atoms with Crippen molar-refractivity contribution in [2.75, 3.05) is 18.8 Å². The van der Waals surface area contributed by atoms with E-state index in [-0.39, 0.29) is 23.0 Å². The lowest BCUT2D eigenvalue weighted by molar-refractivity contribution is -0.134. The first kappa shape index (κ1) is 13.9. The molecule has 1 aromatic rings. The van der Waals surface area contributed by atoms with Gasteiger partial charge in [-0.3, -0.25) is 9.59 Å². The quantitative estimate of drug-likeness (QED) is 0.906. The number of piperidine rings is 1. The van der Waals surface area contributed by atoms with Gasteiger partial charge < -0.3 is 10.6 Å². The van der Waals surface area contributed by atoms with Crippen LogP contribution in [0, 0.1) is 5.92 Å². The first-order chi connectivity index (χ1) is 9.66. The van der Waals surface area contributed by atoms with Crippen molar-refractivity contribution in [2.24, 2.45) is 11.7 Å². The van der Waals surface area contributed by atoms with Crippen LogP contribution in [0.4, 0.5) is 0 Å². The molecule has 3 heterocycles. The first-order valence-corrected chi connectivity index (χ1v) is 8.85. The van der Waals surface area contributed by atoms with Crippen LogP contribution in [0.1, 0.15) is 28.5 Å². The third-order valence-corrected chi connectivity index (χ3v) is 6.26. The van der Waals surface area contributed by atoms with Crippen molar-refractivity contribution in [2.45, 2.75) is 24.5 Å². The number of thioether (sulfide) groups is 1. The lowest BCUT2D eigenvalue weighted by Gasteiger charge is -2.34. The van der Waals surface area contributed by atoms with E-state index in [9.17, 15) is 9.59 Å². The Morgan fingerprint density at radius 2 is 2.25 bits per heavy atom. The summed E-state index contributed by atoms with van der Waals surface area (Å²) in [6, 6.07) is 2.07. The molecule has 20 heavy (non-hydrogen) atoms. The van der Waals surface area contributed by atoms with E-state index in [4.69, 9.17) is 5.73 Å². The smallest absolute Gasteiger partial charge is 0.240 e. The first-order valence-electron chi connectivity index (χ1n) is 6.93. The Kier molecular flexibility index (Phi) is 4.03. The fraction of sp³-hybridized carbons (Fsp3) is 0.571. The number of nitrogens with zero attached hydrogens (tertiary/aromatic N) is 1. The van der Waals surface area contributed by atoms with Crippen molar-refractivity contribution in [3.05, 3.63) is 21.9 Å². The van der Waals surface area contributed by atoms with E-state index in [0.717, 1.165) is 31.6 Å². The van der Waals surface area contributed by atoms with E-state index >= 15 is 0 Å². The van der Waals surface area contributed by atoms with E-state index in [2.05, 4.69) is 11.4 Å². The van der Waals surface area contributed by atoms with Gasteiger partial charge in [0.05, 0.1) is 5.92 Å². The van der Waals surface area contributed by atoms with Crippen LogP contribution in [0.25, 0.3) is 0 Å². The Morgan fingerprint density at radius 1 is 1.40 bits per heavy atom. The summed E-state index contributed by atoms with van der Waals surface area (Å²) in [6.45, 7) is 1.24. The predicted molar refractivity (Wildman–Crippen MR) is 81.7 cm³/mol. The third-order valence-electron chi connectivity index (χ3n) is 4.04. The van der Waals surface area contributed by atoms with Gasteiger partial charge in [-0.25, -0.2) is 0 Å². The summed E-state index contributed by atoms with van der Waals surface area (Å²) in [5.74, 6) is 0.690. The van der Waals surface area contributed by atoms with Crippen molar-refractivity contribution in [3.8, 4) is 0 Å². The molecule has 6 heteroatoms. The molecule has 1 aromatic heterocycles. The second kappa shape index (κ2) is 5.77. The molecule has 0 spiro atoms. The molecule has 0 aromatic carbocycles. The normalized spacial score (nSPS) is 26.1. The number of likely N-dealkylation sites (tertiary alicyclic amines) is 1. The van der Waals surface area contributed by atoms with Gasteiger partial charge in [0.2, 0.25) is 11.8 Å². The summed E-state index contributed by atoms with van der Waals surface area (Å²) >= 11 is 3.46. The van der Waals surface area contributed by atoms with Crippen LogP contribution in [0.15, 0.2) is 11.4 Å².